The van der Waals surface area contributed by atoms with Gasteiger partial charge in [-0.2, -0.15) is 0 Å². The quantitative estimate of drug-likeness (QED) is 0.615. The second-order valence-electron chi connectivity index (χ2n) is 5.10. The van der Waals surface area contributed by atoms with Crippen LogP contribution in [0.1, 0.15) is 12.8 Å². The smallest absolute Gasteiger partial charge is 0.208 e. The van der Waals surface area contributed by atoms with Gasteiger partial charge in [0.15, 0.2) is 0 Å². The number of piperidine rings is 1. The monoisotopic (exact) mass is 313 g/mol. The van der Waals surface area contributed by atoms with Gasteiger partial charge in [-0.15, -0.1) is 0 Å². The Labute approximate surface area is 115 Å². The third kappa shape index (κ3) is 8.53. The summed E-state index contributed by atoms with van der Waals surface area (Å²) in [6.07, 6.45) is 4.30. The van der Waals surface area contributed by atoms with E-state index in [-0.39, 0.29) is 0 Å². The summed E-state index contributed by atoms with van der Waals surface area (Å²) in [4.78, 5) is 2.16. The van der Waals surface area contributed by atoms with E-state index in [0.29, 0.717) is 25.6 Å². The Morgan fingerprint density at radius 3 is 2.32 bits per heavy atom. The van der Waals surface area contributed by atoms with E-state index in [9.17, 15) is 16.8 Å². The maximum Gasteiger partial charge on any atom is 0.208 e. The van der Waals surface area contributed by atoms with Crippen molar-refractivity contribution in [3.8, 4) is 0 Å². The molecule has 0 bridgehead atoms. The third-order valence-corrected chi connectivity index (χ3v) is 4.45. The number of hydrogen-bond donors (Lipinski definition) is 2. The van der Waals surface area contributed by atoms with Crippen LogP contribution in [0.15, 0.2) is 0 Å². The zero-order chi connectivity index (χ0) is 14.5. The lowest BCUT2D eigenvalue weighted by molar-refractivity contribution is 0.179. The van der Waals surface area contributed by atoms with Crippen LogP contribution in [0.5, 0.6) is 0 Å². The zero-order valence-corrected chi connectivity index (χ0v) is 13.1. The number of hydrogen-bond acceptors (Lipinski definition) is 5. The van der Waals surface area contributed by atoms with Crippen LogP contribution in [0.2, 0.25) is 0 Å². The summed E-state index contributed by atoms with van der Waals surface area (Å²) in [5, 5.41) is 0. The van der Waals surface area contributed by atoms with E-state index in [1.165, 1.54) is 0 Å². The van der Waals surface area contributed by atoms with Gasteiger partial charge >= 0.3 is 0 Å². The highest BCUT2D eigenvalue weighted by molar-refractivity contribution is 7.89. The number of nitrogens with one attached hydrogen (secondary N) is 2. The van der Waals surface area contributed by atoms with Crippen molar-refractivity contribution in [2.45, 2.75) is 12.8 Å². The first-order chi connectivity index (χ1) is 8.66. The van der Waals surface area contributed by atoms with Gasteiger partial charge in [-0.3, -0.25) is 0 Å². The molecule has 9 heteroatoms. The maximum atomic E-state index is 11.0. The van der Waals surface area contributed by atoms with Crippen molar-refractivity contribution in [1.82, 2.24) is 14.3 Å². The first kappa shape index (κ1) is 16.8. The van der Waals surface area contributed by atoms with Gasteiger partial charge in [-0.25, -0.2) is 26.3 Å². The lowest BCUT2D eigenvalue weighted by Gasteiger charge is -2.32. The second kappa shape index (κ2) is 6.98. The van der Waals surface area contributed by atoms with E-state index in [1.54, 1.807) is 0 Å². The first-order valence-corrected chi connectivity index (χ1v) is 10.1. The highest BCUT2D eigenvalue weighted by atomic mass is 32.2. The second-order valence-corrected chi connectivity index (χ2v) is 8.76. The summed E-state index contributed by atoms with van der Waals surface area (Å²) < 4.78 is 48.9. The number of nitrogens with zero attached hydrogens (tertiary/aromatic N) is 1. The molecule has 0 radical (unpaired) electrons. The lowest BCUT2D eigenvalue weighted by Crippen LogP contribution is -2.43. The Morgan fingerprint density at radius 2 is 1.74 bits per heavy atom. The number of likely N-dealkylation sites (tertiary alicyclic amines) is 1. The fourth-order valence-electron chi connectivity index (χ4n) is 2.18. The van der Waals surface area contributed by atoms with E-state index in [2.05, 4.69) is 14.3 Å². The molecule has 1 atom stereocenters. The van der Waals surface area contributed by atoms with Crippen molar-refractivity contribution in [3.05, 3.63) is 0 Å². The van der Waals surface area contributed by atoms with Crippen LogP contribution in [0.25, 0.3) is 0 Å². The van der Waals surface area contributed by atoms with Gasteiger partial charge in [0.25, 0.3) is 0 Å². The molecule has 1 saturated heterocycles. The molecule has 1 rings (SSSR count). The fraction of sp³-hybridized carbons (Fsp3) is 1.00. The Balaban J connectivity index is 2.30. The minimum atomic E-state index is -3.14. The van der Waals surface area contributed by atoms with Crippen molar-refractivity contribution in [2.24, 2.45) is 5.92 Å². The lowest BCUT2D eigenvalue weighted by atomic mass is 9.98. The van der Waals surface area contributed by atoms with Crippen LogP contribution < -0.4 is 9.44 Å². The minimum Gasteiger partial charge on any atom is -0.302 e. The fourth-order valence-corrected chi connectivity index (χ4v) is 3.18. The molecule has 1 fully saturated rings. The van der Waals surface area contributed by atoms with Crippen molar-refractivity contribution in [2.75, 3.05) is 45.2 Å². The predicted octanol–water partition coefficient (Wildman–Crippen LogP) is -1.20. The molecule has 0 aromatic rings. The summed E-state index contributed by atoms with van der Waals surface area (Å²) >= 11 is 0. The largest absolute Gasteiger partial charge is 0.302 e. The summed E-state index contributed by atoms with van der Waals surface area (Å²) in [5.74, 6) is 0.293. The van der Waals surface area contributed by atoms with Gasteiger partial charge in [0.1, 0.15) is 0 Å². The van der Waals surface area contributed by atoms with Crippen molar-refractivity contribution in [1.29, 1.82) is 0 Å². The molecular formula is C10H23N3O4S2. The zero-order valence-electron chi connectivity index (χ0n) is 11.4. The van der Waals surface area contributed by atoms with Gasteiger partial charge < -0.3 is 4.90 Å². The molecule has 0 amide bonds. The Kier molecular flexibility index (Phi) is 6.18. The van der Waals surface area contributed by atoms with Gasteiger partial charge in [0, 0.05) is 26.2 Å². The van der Waals surface area contributed by atoms with E-state index in [4.69, 9.17) is 0 Å². The topological polar surface area (TPSA) is 95.6 Å². The Hall–Kier alpha value is -0.220. The van der Waals surface area contributed by atoms with Crippen LogP contribution in [0, 0.1) is 5.92 Å². The van der Waals surface area contributed by atoms with E-state index >= 15 is 0 Å². The summed E-state index contributed by atoms with van der Waals surface area (Å²) in [6, 6.07) is 0. The summed E-state index contributed by atoms with van der Waals surface area (Å²) in [6.45, 7) is 3.23. The average Bonchev–Trinajstić information content (AvgIpc) is 2.24. The molecule has 114 valence electrons. The number of sulfonamides is 2. The highest BCUT2D eigenvalue weighted by Gasteiger charge is 2.20. The van der Waals surface area contributed by atoms with Crippen LogP contribution in [0.3, 0.4) is 0 Å². The summed E-state index contributed by atoms with van der Waals surface area (Å²) in [5.41, 5.74) is 0. The molecule has 1 heterocycles. The van der Waals surface area contributed by atoms with Gasteiger partial charge in [-0.1, -0.05) is 0 Å². The third-order valence-electron chi connectivity index (χ3n) is 3.03. The van der Waals surface area contributed by atoms with Crippen LogP contribution in [-0.4, -0.2) is 67.0 Å². The summed E-state index contributed by atoms with van der Waals surface area (Å²) in [7, 11) is -6.27. The van der Waals surface area contributed by atoms with E-state index in [0.717, 1.165) is 38.4 Å². The Morgan fingerprint density at radius 1 is 1.11 bits per heavy atom. The molecule has 0 saturated carbocycles. The maximum absolute atomic E-state index is 11.0. The molecule has 19 heavy (non-hydrogen) atoms. The van der Waals surface area contributed by atoms with Crippen molar-refractivity contribution in [3.63, 3.8) is 0 Å². The van der Waals surface area contributed by atoms with Gasteiger partial charge in [0.05, 0.1) is 12.5 Å². The van der Waals surface area contributed by atoms with Gasteiger partial charge in [-0.05, 0) is 25.3 Å². The van der Waals surface area contributed by atoms with E-state index in [1.807, 2.05) is 0 Å². The molecule has 1 aliphatic rings. The van der Waals surface area contributed by atoms with Crippen LogP contribution in [0.4, 0.5) is 0 Å². The standard InChI is InChI=1S/C10H23N3O4S2/c1-18(14,15)11-5-7-13-6-3-4-10(9-13)8-12-19(2,16)17/h10-12H,3-9H2,1-2H3. The van der Waals surface area contributed by atoms with Crippen molar-refractivity contribution < 1.29 is 16.8 Å². The molecule has 7 nitrogen and oxygen atoms in total. The normalized spacial score (nSPS) is 22.5. The molecular weight excluding hydrogens is 290 g/mol. The Bertz CT molecular complexity index is 475. The SMILES string of the molecule is CS(=O)(=O)NCCN1CCCC(CNS(C)(=O)=O)C1. The predicted molar refractivity (Wildman–Crippen MR) is 74.9 cm³/mol. The molecule has 0 aromatic carbocycles. The molecule has 1 aliphatic heterocycles. The first-order valence-electron chi connectivity index (χ1n) is 6.27. The van der Waals surface area contributed by atoms with Gasteiger partial charge in [0.2, 0.25) is 20.0 Å². The molecule has 0 spiro atoms. The minimum absolute atomic E-state index is 0.293. The molecule has 1 unspecified atom stereocenters. The van der Waals surface area contributed by atoms with Crippen LogP contribution >= 0.6 is 0 Å². The van der Waals surface area contributed by atoms with E-state index < -0.39 is 20.0 Å². The molecule has 0 aromatic heterocycles. The molecule has 2 N–H and O–H groups in total. The average molecular weight is 313 g/mol. The highest BCUT2D eigenvalue weighted by Crippen LogP contribution is 2.15. The number of rotatable bonds is 7. The van der Waals surface area contributed by atoms with Crippen molar-refractivity contribution >= 4 is 20.0 Å². The van der Waals surface area contributed by atoms with Crippen LogP contribution in [-0.2, 0) is 20.0 Å². The molecule has 0 aliphatic carbocycles.